The first-order chi connectivity index (χ1) is 18.7. The second-order valence-electron chi connectivity index (χ2n) is 9.59. The molecule has 0 aliphatic carbocycles. The number of benzene rings is 5. The Morgan fingerprint density at radius 1 is 0.579 bits per heavy atom. The lowest BCUT2D eigenvalue weighted by atomic mass is 9.35. The van der Waals surface area contributed by atoms with Crippen LogP contribution in [0.3, 0.4) is 0 Å². The molecule has 6 heteroatoms. The fourth-order valence-electron chi connectivity index (χ4n) is 5.95. The monoisotopic (exact) mass is 485 g/mol. The number of hydrogen-bond acceptors (Lipinski definition) is 4. The van der Waals surface area contributed by atoms with Crippen LogP contribution in [0.2, 0.25) is 0 Å². The minimum Gasteiger partial charge on any atom is -0.458 e. The molecule has 2 aliphatic heterocycles. The van der Waals surface area contributed by atoms with Crippen LogP contribution in [0, 0.1) is 22.7 Å². The Hall–Kier alpha value is -5.46. The number of para-hydroxylation sites is 2. The Morgan fingerprint density at radius 3 is 1.58 bits per heavy atom. The number of ether oxygens (including phenoxy) is 2. The lowest BCUT2D eigenvalue weighted by Crippen LogP contribution is -2.57. The predicted octanol–water partition coefficient (Wildman–Crippen LogP) is 5.25. The number of aromatic nitrogens is 1. The summed E-state index contributed by atoms with van der Waals surface area (Å²) in [5.74, 6) is 2.71. The fourth-order valence-corrected chi connectivity index (χ4v) is 5.95. The van der Waals surface area contributed by atoms with Gasteiger partial charge in [0.1, 0.15) is 23.0 Å². The second-order valence-corrected chi connectivity index (χ2v) is 9.59. The van der Waals surface area contributed by atoms with Gasteiger partial charge in [0.15, 0.2) is 0 Å². The van der Waals surface area contributed by atoms with Gasteiger partial charge in [-0.15, -0.1) is 0 Å². The summed E-state index contributed by atoms with van der Waals surface area (Å²) in [6.45, 7) is -0.139. The van der Waals surface area contributed by atoms with Crippen LogP contribution in [-0.2, 0) is 0 Å². The van der Waals surface area contributed by atoms with Gasteiger partial charge in [-0.1, -0.05) is 48.5 Å². The molecule has 0 N–H and O–H groups in total. The third kappa shape index (κ3) is 2.75. The summed E-state index contributed by atoms with van der Waals surface area (Å²) >= 11 is 0. The molecule has 3 heterocycles. The van der Waals surface area contributed by atoms with Gasteiger partial charge in [0.05, 0.1) is 40.0 Å². The maximum Gasteiger partial charge on any atom is 0.260 e. The molecule has 0 atom stereocenters. The highest BCUT2D eigenvalue weighted by Crippen LogP contribution is 2.39. The van der Waals surface area contributed by atoms with E-state index in [9.17, 15) is 10.5 Å². The van der Waals surface area contributed by atoms with Crippen LogP contribution in [-0.4, -0.2) is 11.3 Å². The maximum atomic E-state index is 9.54. The standard InChI is InChI=1S/C32H16BN3O2/c34-17-19-9-11-24-28(13-19)37-30-15-21(36-26-7-3-1-5-22(26)23-6-2-4-8-27(23)36)16-31-32(30)33(24)25-12-10-20(18-35)14-29(25)38-31/h1-16H. The minimum absolute atomic E-state index is 0.139. The molecule has 0 spiro atoms. The van der Waals surface area contributed by atoms with E-state index in [1.165, 1.54) is 10.8 Å². The van der Waals surface area contributed by atoms with Crippen LogP contribution in [0.4, 0.5) is 0 Å². The van der Waals surface area contributed by atoms with Crippen molar-refractivity contribution in [2.24, 2.45) is 0 Å². The maximum absolute atomic E-state index is 9.54. The van der Waals surface area contributed by atoms with Gasteiger partial charge in [0.2, 0.25) is 0 Å². The van der Waals surface area contributed by atoms with Crippen molar-refractivity contribution in [1.29, 1.82) is 10.5 Å². The highest BCUT2D eigenvalue weighted by Gasteiger charge is 2.40. The average molecular weight is 485 g/mol. The number of nitrogens with zero attached hydrogens (tertiary/aromatic N) is 3. The molecule has 5 aromatic carbocycles. The van der Waals surface area contributed by atoms with Gasteiger partial charge in [-0.2, -0.15) is 10.5 Å². The summed E-state index contributed by atoms with van der Waals surface area (Å²) in [5.41, 5.74) is 7.05. The predicted molar refractivity (Wildman–Crippen MR) is 148 cm³/mol. The van der Waals surface area contributed by atoms with Gasteiger partial charge in [0, 0.05) is 28.4 Å². The molecular formula is C32H16BN3O2. The summed E-state index contributed by atoms with van der Waals surface area (Å²) < 4.78 is 15.2. The van der Waals surface area contributed by atoms with Crippen LogP contribution in [0.1, 0.15) is 11.1 Å². The molecule has 6 aromatic rings. The third-order valence-corrected chi connectivity index (χ3v) is 7.56. The highest BCUT2D eigenvalue weighted by molar-refractivity contribution is 6.98. The number of rotatable bonds is 1. The van der Waals surface area contributed by atoms with Crippen molar-refractivity contribution in [3.63, 3.8) is 0 Å². The minimum atomic E-state index is -0.139. The fraction of sp³-hybridized carbons (Fsp3) is 0. The molecule has 174 valence electrons. The SMILES string of the molecule is N#Cc1ccc2c(c1)Oc1cc(-n3c4ccccc4c4ccccc43)cc3c1B2c1ccc(C#N)cc1O3. The zero-order valence-electron chi connectivity index (χ0n) is 20.0. The van der Waals surface area contributed by atoms with Crippen LogP contribution in [0.5, 0.6) is 23.0 Å². The van der Waals surface area contributed by atoms with E-state index < -0.39 is 0 Å². The van der Waals surface area contributed by atoms with Gasteiger partial charge in [-0.05, 0) is 47.3 Å². The Labute approximate surface area is 218 Å². The quantitative estimate of drug-likeness (QED) is 0.298. The van der Waals surface area contributed by atoms with E-state index in [0.717, 1.165) is 33.1 Å². The molecule has 0 amide bonds. The molecule has 0 unspecified atom stereocenters. The molecule has 5 nitrogen and oxygen atoms in total. The lowest BCUT2D eigenvalue weighted by molar-refractivity contribution is 0.464. The van der Waals surface area contributed by atoms with Crippen molar-refractivity contribution in [3.8, 4) is 40.8 Å². The summed E-state index contributed by atoms with van der Waals surface area (Å²) in [6.07, 6.45) is 0. The van der Waals surface area contributed by atoms with Crippen molar-refractivity contribution in [3.05, 3.63) is 108 Å². The summed E-state index contributed by atoms with van der Waals surface area (Å²) in [7, 11) is 0. The van der Waals surface area contributed by atoms with E-state index in [1.807, 2.05) is 36.4 Å². The first-order valence-corrected chi connectivity index (χ1v) is 12.3. The normalized spacial score (nSPS) is 12.5. The lowest BCUT2D eigenvalue weighted by Gasteiger charge is -2.33. The van der Waals surface area contributed by atoms with Crippen LogP contribution >= 0.6 is 0 Å². The van der Waals surface area contributed by atoms with Crippen LogP contribution in [0.15, 0.2) is 97.1 Å². The van der Waals surface area contributed by atoms with E-state index >= 15 is 0 Å². The molecule has 8 rings (SSSR count). The van der Waals surface area contributed by atoms with E-state index in [0.29, 0.717) is 34.1 Å². The van der Waals surface area contributed by atoms with Crippen molar-refractivity contribution in [2.45, 2.75) is 0 Å². The molecule has 0 bridgehead atoms. The molecule has 38 heavy (non-hydrogen) atoms. The molecule has 2 aliphatic rings. The van der Waals surface area contributed by atoms with Crippen molar-refractivity contribution >= 4 is 44.9 Å². The van der Waals surface area contributed by atoms with Crippen molar-refractivity contribution in [2.75, 3.05) is 0 Å². The second kappa shape index (κ2) is 7.52. The molecule has 0 fully saturated rings. The zero-order valence-corrected chi connectivity index (χ0v) is 20.0. The molecular weight excluding hydrogens is 469 g/mol. The molecule has 1 aromatic heterocycles. The molecule has 0 radical (unpaired) electrons. The Balaban J connectivity index is 1.44. The van der Waals surface area contributed by atoms with Gasteiger partial charge >= 0.3 is 0 Å². The Bertz CT molecular complexity index is 1940. The van der Waals surface area contributed by atoms with Gasteiger partial charge in [0.25, 0.3) is 6.71 Å². The van der Waals surface area contributed by atoms with E-state index in [1.54, 1.807) is 12.1 Å². The number of fused-ring (bicyclic) bond motifs is 7. The molecule has 0 saturated heterocycles. The number of hydrogen-bond donors (Lipinski definition) is 0. The average Bonchev–Trinajstić information content (AvgIpc) is 3.30. The zero-order chi connectivity index (χ0) is 25.4. The van der Waals surface area contributed by atoms with Gasteiger partial charge < -0.3 is 14.0 Å². The summed E-state index contributed by atoms with van der Waals surface area (Å²) in [5, 5.41) is 21.4. The van der Waals surface area contributed by atoms with Gasteiger partial charge in [-0.3, -0.25) is 0 Å². The summed E-state index contributed by atoms with van der Waals surface area (Å²) in [4.78, 5) is 0. The van der Waals surface area contributed by atoms with Crippen LogP contribution < -0.4 is 25.9 Å². The number of nitriles is 2. The highest BCUT2D eigenvalue weighted by atomic mass is 16.5. The van der Waals surface area contributed by atoms with E-state index in [4.69, 9.17) is 9.47 Å². The first-order valence-electron chi connectivity index (χ1n) is 12.3. The Morgan fingerprint density at radius 2 is 1.08 bits per heavy atom. The van der Waals surface area contributed by atoms with Gasteiger partial charge in [-0.25, -0.2) is 0 Å². The largest absolute Gasteiger partial charge is 0.458 e. The van der Waals surface area contributed by atoms with E-state index in [-0.39, 0.29) is 6.71 Å². The van der Waals surface area contributed by atoms with Crippen molar-refractivity contribution < 1.29 is 9.47 Å². The van der Waals surface area contributed by atoms with Crippen molar-refractivity contribution in [1.82, 2.24) is 4.57 Å². The smallest absolute Gasteiger partial charge is 0.260 e. The third-order valence-electron chi connectivity index (χ3n) is 7.56. The first kappa shape index (κ1) is 20.7. The molecule has 0 saturated carbocycles. The van der Waals surface area contributed by atoms with E-state index in [2.05, 4.69) is 65.2 Å². The topological polar surface area (TPSA) is 71.0 Å². The summed E-state index contributed by atoms with van der Waals surface area (Å²) in [6, 6.07) is 36.4. The van der Waals surface area contributed by atoms with Crippen LogP contribution in [0.25, 0.3) is 27.5 Å². The Kier molecular flexibility index (Phi) is 4.10.